The van der Waals surface area contributed by atoms with Crippen molar-refractivity contribution >= 4 is 11.8 Å². The van der Waals surface area contributed by atoms with Gasteiger partial charge in [-0.1, -0.05) is 0 Å². The molecule has 0 atom stereocenters. The summed E-state index contributed by atoms with van der Waals surface area (Å²) in [7, 11) is 0. The van der Waals surface area contributed by atoms with Crippen molar-refractivity contribution in [2.45, 2.75) is 12.8 Å². The number of halogens is 2. The van der Waals surface area contributed by atoms with E-state index in [1.807, 2.05) is 0 Å². The van der Waals surface area contributed by atoms with Crippen LogP contribution in [0.2, 0.25) is 0 Å². The third kappa shape index (κ3) is 1.70. The summed E-state index contributed by atoms with van der Waals surface area (Å²) in [6.45, 7) is 0.681. The van der Waals surface area contributed by atoms with Crippen LogP contribution >= 0.6 is 0 Å². The standard InChI is InChI=1S/C10H10F2N2O2/c1-6-2-3-13-8(7(6)9(15)16)14-4-10(11,12)5-14/h2-3H,4-5H2,1H3,(H,15,16). The minimum atomic E-state index is -2.73. The van der Waals surface area contributed by atoms with Crippen molar-refractivity contribution in [1.29, 1.82) is 0 Å². The molecule has 2 rings (SSSR count). The van der Waals surface area contributed by atoms with E-state index in [2.05, 4.69) is 4.98 Å². The summed E-state index contributed by atoms with van der Waals surface area (Å²) in [5, 5.41) is 8.99. The number of pyridine rings is 1. The van der Waals surface area contributed by atoms with Crippen molar-refractivity contribution in [1.82, 2.24) is 4.98 Å². The quantitative estimate of drug-likeness (QED) is 0.834. The topological polar surface area (TPSA) is 53.4 Å². The van der Waals surface area contributed by atoms with Crippen LogP contribution in [0.3, 0.4) is 0 Å². The first-order valence-corrected chi connectivity index (χ1v) is 4.72. The van der Waals surface area contributed by atoms with Crippen LogP contribution in [0.4, 0.5) is 14.6 Å². The van der Waals surface area contributed by atoms with E-state index in [0.717, 1.165) is 0 Å². The number of aryl methyl sites for hydroxylation is 1. The molecule has 1 aromatic heterocycles. The molecule has 1 aliphatic heterocycles. The second kappa shape index (κ2) is 3.40. The van der Waals surface area contributed by atoms with Gasteiger partial charge in [-0.3, -0.25) is 0 Å². The van der Waals surface area contributed by atoms with Crippen LogP contribution in [-0.2, 0) is 0 Å². The highest BCUT2D eigenvalue weighted by molar-refractivity contribution is 5.95. The van der Waals surface area contributed by atoms with E-state index in [1.165, 1.54) is 11.1 Å². The molecule has 2 heterocycles. The first-order valence-electron chi connectivity index (χ1n) is 4.72. The summed E-state index contributed by atoms with van der Waals surface area (Å²) >= 11 is 0. The van der Waals surface area contributed by atoms with E-state index < -0.39 is 25.0 Å². The molecule has 1 saturated heterocycles. The van der Waals surface area contributed by atoms with Crippen LogP contribution in [-0.4, -0.2) is 35.1 Å². The summed E-state index contributed by atoms with van der Waals surface area (Å²) in [5.74, 6) is -3.75. The Bertz CT molecular complexity index is 440. The Balaban J connectivity index is 2.35. The van der Waals surface area contributed by atoms with Gasteiger partial charge in [-0.05, 0) is 18.6 Å². The van der Waals surface area contributed by atoms with Crippen molar-refractivity contribution in [3.63, 3.8) is 0 Å². The van der Waals surface area contributed by atoms with Gasteiger partial charge in [0.1, 0.15) is 11.4 Å². The highest BCUT2D eigenvalue weighted by atomic mass is 19.3. The number of carboxylic acids is 1. The Hall–Kier alpha value is -1.72. The van der Waals surface area contributed by atoms with Crippen molar-refractivity contribution in [2.24, 2.45) is 0 Å². The number of alkyl halides is 2. The molecule has 1 fully saturated rings. The van der Waals surface area contributed by atoms with Crippen LogP contribution in [0.25, 0.3) is 0 Å². The minimum absolute atomic E-state index is 0.00185. The van der Waals surface area contributed by atoms with Crippen LogP contribution in [0, 0.1) is 6.92 Å². The second-order valence-electron chi connectivity index (χ2n) is 3.84. The van der Waals surface area contributed by atoms with Crippen LogP contribution in [0.15, 0.2) is 12.3 Å². The van der Waals surface area contributed by atoms with Crippen molar-refractivity contribution in [3.8, 4) is 0 Å². The fourth-order valence-corrected chi connectivity index (χ4v) is 1.71. The van der Waals surface area contributed by atoms with Crippen LogP contribution in [0.5, 0.6) is 0 Å². The lowest BCUT2D eigenvalue weighted by molar-refractivity contribution is -0.0268. The lowest BCUT2D eigenvalue weighted by Gasteiger charge is -2.40. The zero-order chi connectivity index (χ0) is 11.9. The molecule has 0 unspecified atom stereocenters. The SMILES string of the molecule is Cc1ccnc(N2CC(F)(F)C2)c1C(=O)O. The lowest BCUT2D eigenvalue weighted by Crippen LogP contribution is -2.57. The number of anilines is 1. The van der Waals surface area contributed by atoms with Crippen molar-refractivity contribution in [2.75, 3.05) is 18.0 Å². The summed E-state index contributed by atoms with van der Waals surface area (Å²) in [4.78, 5) is 16.1. The molecule has 6 heteroatoms. The van der Waals surface area contributed by atoms with E-state index in [9.17, 15) is 13.6 Å². The molecule has 0 bridgehead atoms. The van der Waals surface area contributed by atoms with Crippen LogP contribution in [0.1, 0.15) is 15.9 Å². The summed E-state index contributed by atoms with van der Waals surface area (Å²) in [5.41, 5.74) is 0.519. The van der Waals surface area contributed by atoms with Gasteiger partial charge in [-0.25, -0.2) is 18.6 Å². The maximum Gasteiger partial charge on any atom is 0.339 e. The maximum atomic E-state index is 12.7. The van der Waals surface area contributed by atoms with Crippen molar-refractivity contribution in [3.05, 3.63) is 23.4 Å². The number of hydrogen-bond acceptors (Lipinski definition) is 3. The summed E-state index contributed by atoms with van der Waals surface area (Å²) < 4.78 is 25.4. The van der Waals surface area contributed by atoms with Gasteiger partial charge in [0.15, 0.2) is 0 Å². The van der Waals surface area contributed by atoms with Gasteiger partial charge in [0.2, 0.25) is 0 Å². The molecule has 1 N–H and O–H groups in total. The molecule has 86 valence electrons. The van der Waals surface area contributed by atoms with E-state index in [-0.39, 0.29) is 11.4 Å². The maximum absolute atomic E-state index is 12.7. The average molecular weight is 228 g/mol. The van der Waals surface area contributed by atoms with Gasteiger partial charge >= 0.3 is 5.97 Å². The fourth-order valence-electron chi connectivity index (χ4n) is 1.71. The Morgan fingerprint density at radius 2 is 2.19 bits per heavy atom. The highest BCUT2D eigenvalue weighted by Gasteiger charge is 2.45. The zero-order valence-electron chi connectivity index (χ0n) is 8.57. The largest absolute Gasteiger partial charge is 0.478 e. The fraction of sp³-hybridized carbons (Fsp3) is 0.400. The molecular weight excluding hydrogens is 218 g/mol. The molecule has 0 radical (unpaired) electrons. The van der Waals surface area contributed by atoms with Gasteiger partial charge in [0.25, 0.3) is 5.92 Å². The van der Waals surface area contributed by atoms with Crippen molar-refractivity contribution < 1.29 is 18.7 Å². The number of aromatic nitrogens is 1. The Labute approximate surface area is 90.5 Å². The molecule has 0 saturated carbocycles. The molecule has 1 aromatic rings. The minimum Gasteiger partial charge on any atom is -0.478 e. The Morgan fingerprint density at radius 1 is 1.56 bits per heavy atom. The summed E-state index contributed by atoms with van der Waals surface area (Å²) in [6, 6.07) is 1.55. The van der Waals surface area contributed by atoms with Gasteiger partial charge in [0.05, 0.1) is 13.1 Å². The van der Waals surface area contributed by atoms with Gasteiger partial charge in [-0.2, -0.15) is 0 Å². The predicted octanol–water partition coefficient (Wildman–Crippen LogP) is 1.54. The number of rotatable bonds is 2. The smallest absolute Gasteiger partial charge is 0.339 e. The average Bonchev–Trinajstić information content (AvgIpc) is 2.12. The number of carboxylic acid groups (broad SMARTS) is 1. The molecule has 1 aliphatic rings. The van der Waals surface area contributed by atoms with Gasteiger partial charge in [-0.15, -0.1) is 0 Å². The zero-order valence-corrected chi connectivity index (χ0v) is 8.57. The third-order valence-corrected chi connectivity index (χ3v) is 2.50. The summed E-state index contributed by atoms with van der Waals surface area (Å²) in [6.07, 6.45) is 1.42. The lowest BCUT2D eigenvalue weighted by atomic mass is 10.1. The van der Waals surface area contributed by atoms with Gasteiger partial charge in [0, 0.05) is 6.20 Å². The Morgan fingerprint density at radius 3 is 2.69 bits per heavy atom. The first kappa shape index (κ1) is 10.8. The highest BCUT2D eigenvalue weighted by Crippen LogP contribution is 2.33. The molecule has 0 aromatic carbocycles. The van der Waals surface area contributed by atoms with E-state index >= 15 is 0 Å². The normalized spacial score (nSPS) is 18.1. The van der Waals surface area contributed by atoms with E-state index in [4.69, 9.17) is 5.11 Å². The number of nitrogens with zero attached hydrogens (tertiary/aromatic N) is 2. The van der Waals surface area contributed by atoms with Crippen LogP contribution < -0.4 is 4.90 Å². The molecule has 4 nitrogen and oxygen atoms in total. The number of hydrogen-bond donors (Lipinski definition) is 1. The molecule has 0 aliphatic carbocycles. The molecule has 16 heavy (non-hydrogen) atoms. The molecule has 0 amide bonds. The van der Waals surface area contributed by atoms with E-state index in [0.29, 0.717) is 5.56 Å². The van der Waals surface area contributed by atoms with E-state index in [1.54, 1.807) is 13.0 Å². The predicted molar refractivity (Wildman–Crippen MR) is 53.1 cm³/mol. The van der Waals surface area contributed by atoms with Gasteiger partial charge < -0.3 is 10.0 Å². The second-order valence-corrected chi connectivity index (χ2v) is 3.84. The monoisotopic (exact) mass is 228 g/mol. The number of carbonyl (C=O) groups is 1. The molecular formula is C10H10F2N2O2. The molecule has 0 spiro atoms. The number of aromatic carboxylic acids is 1. The Kier molecular flexibility index (Phi) is 2.29. The first-order chi connectivity index (χ1) is 7.41. The third-order valence-electron chi connectivity index (χ3n) is 2.50.